The minimum atomic E-state index is -1.05. The van der Waals surface area contributed by atoms with E-state index < -0.39 is 18.5 Å². The maximum atomic E-state index is 12.3. The molecule has 0 unspecified atom stereocenters. The first-order valence-corrected chi connectivity index (χ1v) is 9.21. The number of phenols is 1. The molecule has 0 aromatic heterocycles. The summed E-state index contributed by atoms with van der Waals surface area (Å²) in [5.41, 5.74) is 3.20. The number of carbonyl (C=O) groups is 2. The molecule has 3 aromatic rings. The third kappa shape index (κ3) is 4.77. The number of nitrogens with zero attached hydrogens (tertiary/aromatic N) is 1. The molecule has 1 amide bonds. The molecule has 28 heavy (non-hydrogen) atoms. The molecule has 0 saturated heterocycles. The highest BCUT2D eigenvalue weighted by Crippen LogP contribution is 2.25. The number of benzene rings is 3. The molecular formula is C20H15IN2O5. The predicted molar refractivity (Wildman–Crippen MR) is 113 cm³/mol. The summed E-state index contributed by atoms with van der Waals surface area (Å²) in [6.07, 6.45) is 1.44. The van der Waals surface area contributed by atoms with Gasteiger partial charge in [0.1, 0.15) is 11.5 Å². The topological polar surface area (TPSA) is 108 Å². The van der Waals surface area contributed by atoms with E-state index in [0.29, 0.717) is 14.9 Å². The first-order valence-electron chi connectivity index (χ1n) is 8.13. The lowest BCUT2D eigenvalue weighted by molar-refractivity contribution is -0.139. The number of carbonyl (C=O) groups excluding carboxylic acids is 1. The number of hydrogen-bond donors (Lipinski definition) is 3. The number of carboxylic acid groups (broad SMARTS) is 1. The van der Waals surface area contributed by atoms with Crippen LogP contribution in [-0.4, -0.2) is 34.9 Å². The predicted octanol–water partition coefficient (Wildman–Crippen LogP) is 3.38. The Balaban J connectivity index is 1.69. The van der Waals surface area contributed by atoms with Crippen molar-refractivity contribution in [2.45, 2.75) is 0 Å². The average molecular weight is 490 g/mol. The Labute approximate surface area is 173 Å². The van der Waals surface area contributed by atoms with Crippen molar-refractivity contribution in [2.75, 3.05) is 6.61 Å². The van der Waals surface area contributed by atoms with Crippen molar-refractivity contribution in [1.82, 2.24) is 5.43 Å². The minimum absolute atomic E-state index is 0.124. The van der Waals surface area contributed by atoms with Crippen LogP contribution in [0.5, 0.6) is 11.5 Å². The number of carboxylic acids is 1. The Hall–Kier alpha value is -3.14. The summed E-state index contributed by atoms with van der Waals surface area (Å²) in [5.74, 6) is -1.26. The van der Waals surface area contributed by atoms with E-state index in [9.17, 15) is 14.7 Å². The summed E-state index contributed by atoms with van der Waals surface area (Å²) in [5, 5.41) is 24.3. The van der Waals surface area contributed by atoms with Gasteiger partial charge in [0.25, 0.3) is 5.91 Å². The summed E-state index contributed by atoms with van der Waals surface area (Å²) in [6, 6.07) is 15.6. The number of aliphatic carboxylic acids is 1. The lowest BCUT2D eigenvalue weighted by Crippen LogP contribution is -2.17. The number of hydrogen-bond acceptors (Lipinski definition) is 5. The third-order valence-corrected chi connectivity index (χ3v) is 4.64. The molecule has 8 heteroatoms. The molecular weight excluding hydrogens is 475 g/mol. The Morgan fingerprint density at radius 1 is 1.11 bits per heavy atom. The highest BCUT2D eigenvalue weighted by molar-refractivity contribution is 14.1. The largest absolute Gasteiger partial charge is 0.507 e. The number of hydrazone groups is 1. The van der Waals surface area contributed by atoms with E-state index in [0.717, 1.165) is 10.8 Å². The molecule has 0 aliphatic heterocycles. The Bertz CT molecular complexity index is 1080. The molecule has 0 saturated carbocycles. The van der Waals surface area contributed by atoms with Crippen LogP contribution in [-0.2, 0) is 4.79 Å². The average Bonchev–Trinajstić information content (AvgIpc) is 2.66. The molecule has 0 aliphatic rings. The molecule has 0 spiro atoms. The van der Waals surface area contributed by atoms with Crippen LogP contribution in [0.2, 0.25) is 0 Å². The van der Waals surface area contributed by atoms with E-state index in [1.165, 1.54) is 12.3 Å². The number of rotatable bonds is 6. The fraction of sp³-hybridized carbons (Fsp3) is 0.0500. The van der Waals surface area contributed by atoms with Crippen LogP contribution in [0, 0.1) is 3.57 Å². The molecule has 3 rings (SSSR count). The smallest absolute Gasteiger partial charge is 0.341 e. The number of phenolic OH excluding ortho intramolecular Hbond substituents is 1. The highest BCUT2D eigenvalue weighted by Gasteiger charge is 2.11. The van der Waals surface area contributed by atoms with Gasteiger partial charge in [0.15, 0.2) is 6.61 Å². The van der Waals surface area contributed by atoms with Crippen LogP contribution in [0.25, 0.3) is 10.8 Å². The zero-order valence-corrected chi connectivity index (χ0v) is 16.6. The van der Waals surface area contributed by atoms with Crippen LogP contribution in [0.1, 0.15) is 15.9 Å². The van der Waals surface area contributed by atoms with Gasteiger partial charge in [0.2, 0.25) is 0 Å². The standard InChI is InChI=1S/C20H15IN2O5/c21-16-7-12(5-6-18(16)28-11-19(25)26)10-22-23-20(27)15-8-13-3-1-2-4-14(13)9-17(15)24/h1-10,24H,11H2,(H,23,27)(H,25,26). The molecule has 0 radical (unpaired) electrons. The highest BCUT2D eigenvalue weighted by atomic mass is 127. The fourth-order valence-electron chi connectivity index (χ4n) is 2.49. The van der Waals surface area contributed by atoms with Crippen molar-refractivity contribution in [3.63, 3.8) is 0 Å². The summed E-state index contributed by atoms with van der Waals surface area (Å²) < 4.78 is 5.86. The fourth-order valence-corrected chi connectivity index (χ4v) is 3.18. The normalized spacial score (nSPS) is 10.9. The molecule has 0 bridgehead atoms. The monoisotopic (exact) mass is 490 g/mol. The van der Waals surface area contributed by atoms with E-state index >= 15 is 0 Å². The van der Waals surface area contributed by atoms with Crippen LogP contribution in [0.15, 0.2) is 59.7 Å². The number of nitrogens with one attached hydrogen (secondary N) is 1. The van der Waals surface area contributed by atoms with E-state index in [1.54, 1.807) is 24.3 Å². The van der Waals surface area contributed by atoms with Gasteiger partial charge >= 0.3 is 5.97 Å². The van der Waals surface area contributed by atoms with Crippen LogP contribution in [0.3, 0.4) is 0 Å². The number of aromatic hydroxyl groups is 1. The van der Waals surface area contributed by atoms with Crippen LogP contribution >= 0.6 is 22.6 Å². The van der Waals surface area contributed by atoms with Crippen LogP contribution in [0.4, 0.5) is 0 Å². The van der Waals surface area contributed by atoms with Crippen molar-refractivity contribution in [2.24, 2.45) is 5.10 Å². The molecule has 0 fully saturated rings. The second-order valence-corrected chi connectivity index (χ2v) is 6.95. The zero-order valence-electron chi connectivity index (χ0n) is 14.4. The quantitative estimate of drug-likeness (QED) is 0.279. The maximum Gasteiger partial charge on any atom is 0.341 e. The van der Waals surface area contributed by atoms with Crippen molar-refractivity contribution in [3.8, 4) is 11.5 Å². The van der Waals surface area contributed by atoms with Crippen molar-refractivity contribution < 1.29 is 24.5 Å². The molecule has 142 valence electrons. The summed E-state index contributed by atoms with van der Waals surface area (Å²) >= 11 is 2.02. The van der Waals surface area contributed by atoms with Gasteiger partial charge in [-0.15, -0.1) is 0 Å². The molecule has 0 heterocycles. The first kappa shape index (κ1) is 19.6. The lowest BCUT2D eigenvalue weighted by atomic mass is 10.1. The SMILES string of the molecule is O=C(O)COc1ccc(C=NNC(=O)c2cc3ccccc3cc2O)cc1I. The second kappa shape index (κ2) is 8.70. The molecule has 7 nitrogen and oxygen atoms in total. The third-order valence-electron chi connectivity index (χ3n) is 3.80. The molecule has 0 atom stereocenters. The van der Waals surface area contributed by atoms with Gasteiger partial charge in [-0.25, -0.2) is 10.2 Å². The van der Waals surface area contributed by atoms with Gasteiger partial charge in [0, 0.05) is 0 Å². The summed E-state index contributed by atoms with van der Waals surface area (Å²) in [4.78, 5) is 22.9. The van der Waals surface area contributed by atoms with Crippen molar-refractivity contribution >= 4 is 51.5 Å². The van der Waals surface area contributed by atoms with Gasteiger partial charge in [-0.1, -0.05) is 24.3 Å². The molecule has 3 N–H and O–H groups in total. The summed E-state index contributed by atoms with van der Waals surface area (Å²) in [7, 11) is 0. The Morgan fingerprint density at radius 3 is 2.50 bits per heavy atom. The second-order valence-electron chi connectivity index (χ2n) is 5.79. The molecule has 0 aliphatic carbocycles. The lowest BCUT2D eigenvalue weighted by Gasteiger charge is -2.07. The van der Waals surface area contributed by atoms with E-state index in [2.05, 4.69) is 10.5 Å². The number of fused-ring (bicyclic) bond motifs is 1. The minimum Gasteiger partial charge on any atom is -0.507 e. The summed E-state index contributed by atoms with van der Waals surface area (Å²) in [6.45, 7) is -0.422. The maximum absolute atomic E-state index is 12.3. The van der Waals surface area contributed by atoms with Gasteiger partial charge in [0.05, 0.1) is 15.3 Å². The van der Waals surface area contributed by atoms with Gasteiger partial charge in [-0.2, -0.15) is 5.10 Å². The van der Waals surface area contributed by atoms with E-state index in [4.69, 9.17) is 9.84 Å². The number of halogens is 1. The van der Waals surface area contributed by atoms with Crippen molar-refractivity contribution in [1.29, 1.82) is 0 Å². The van der Waals surface area contributed by atoms with Crippen LogP contribution < -0.4 is 10.2 Å². The van der Waals surface area contributed by atoms with Gasteiger partial charge in [-0.05, 0) is 69.3 Å². The van der Waals surface area contributed by atoms with Crippen molar-refractivity contribution in [3.05, 3.63) is 69.3 Å². The zero-order chi connectivity index (χ0) is 20.1. The van der Waals surface area contributed by atoms with Gasteiger partial charge < -0.3 is 14.9 Å². The Morgan fingerprint density at radius 2 is 1.82 bits per heavy atom. The number of amides is 1. The Kier molecular flexibility index (Phi) is 6.09. The number of ether oxygens (including phenoxy) is 1. The van der Waals surface area contributed by atoms with Gasteiger partial charge in [-0.3, -0.25) is 4.79 Å². The van der Waals surface area contributed by atoms with E-state index in [1.807, 2.05) is 46.9 Å². The first-order chi connectivity index (χ1) is 13.4. The van der Waals surface area contributed by atoms with E-state index in [-0.39, 0.29) is 11.3 Å². The molecule has 3 aromatic carbocycles.